The summed E-state index contributed by atoms with van der Waals surface area (Å²) >= 11 is 13.0. The third kappa shape index (κ3) is 4.86. The molecule has 0 spiro atoms. The minimum Gasteiger partial charge on any atom is -0.508 e. The van der Waals surface area contributed by atoms with Crippen LogP contribution in [0.1, 0.15) is 42.4 Å². The molecule has 0 unspecified atom stereocenters. The second-order valence-corrected chi connectivity index (χ2v) is 10.1. The van der Waals surface area contributed by atoms with E-state index in [1.807, 2.05) is 26.0 Å². The number of hydrogen-bond acceptors (Lipinski definition) is 6. The monoisotopic (exact) mass is 527 g/mol. The molecule has 2 aromatic carbocycles. The molecule has 36 heavy (non-hydrogen) atoms. The van der Waals surface area contributed by atoms with E-state index in [0.717, 1.165) is 24.2 Å². The maximum Gasteiger partial charge on any atom is 0.262 e. The minimum atomic E-state index is -0.263. The summed E-state index contributed by atoms with van der Waals surface area (Å²) in [5.74, 6) is 0.717. The maximum atomic E-state index is 13.2. The first-order valence-corrected chi connectivity index (χ1v) is 12.6. The van der Waals surface area contributed by atoms with Crippen molar-refractivity contribution in [2.75, 3.05) is 26.3 Å². The second kappa shape index (κ2) is 10.2. The summed E-state index contributed by atoms with van der Waals surface area (Å²) < 4.78 is 6.98. The fourth-order valence-electron chi connectivity index (χ4n) is 4.50. The minimum absolute atomic E-state index is 0.0105. The molecule has 0 saturated carbocycles. The quantitative estimate of drug-likeness (QED) is 0.378. The van der Waals surface area contributed by atoms with Crippen LogP contribution in [0, 0.1) is 0 Å². The molecule has 2 aromatic heterocycles. The number of aromatic hydroxyl groups is 1. The van der Waals surface area contributed by atoms with Crippen LogP contribution >= 0.6 is 23.2 Å². The van der Waals surface area contributed by atoms with E-state index in [1.165, 1.54) is 0 Å². The SMILES string of the molecule is CC(C)c1nn(-c2c(Cl)cccc2Cl)c2nc(Cc3ccc(O)c(CN4CCOCC4)c3)[nH]c(=O)c12. The first-order chi connectivity index (χ1) is 17.3. The van der Waals surface area contributed by atoms with Gasteiger partial charge < -0.3 is 14.8 Å². The highest BCUT2D eigenvalue weighted by Crippen LogP contribution is 2.32. The Balaban J connectivity index is 1.56. The van der Waals surface area contributed by atoms with E-state index in [1.54, 1.807) is 28.9 Å². The van der Waals surface area contributed by atoms with Crippen molar-refractivity contribution in [3.8, 4) is 11.4 Å². The number of para-hydroxylation sites is 1. The smallest absolute Gasteiger partial charge is 0.262 e. The summed E-state index contributed by atoms with van der Waals surface area (Å²) in [6.07, 6.45) is 0.375. The first-order valence-electron chi connectivity index (χ1n) is 11.9. The normalized spacial score (nSPS) is 14.7. The number of phenolic OH excluding ortho intramolecular Hbond substituents is 1. The van der Waals surface area contributed by atoms with Crippen LogP contribution in [-0.2, 0) is 17.7 Å². The van der Waals surface area contributed by atoms with E-state index >= 15 is 0 Å². The van der Waals surface area contributed by atoms with Gasteiger partial charge in [-0.25, -0.2) is 9.67 Å². The fourth-order valence-corrected chi connectivity index (χ4v) is 5.06. The number of H-pyrrole nitrogens is 1. The van der Waals surface area contributed by atoms with E-state index in [-0.39, 0.29) is 17.2 Å². The molecule has 188 valence electrons. The zero-order valence-corrected chi connectivity index (χ0v) is 21.6. The van der Waals surface area contributed by atoms with E-state index < -0.39 is 0 Å². The van der Waals surface area contributed by atoms with Gasteiger partial charge in [-0.1, -0.05) is 55.2 Å². The number of rotatable bonds is 6. The zero-order chi connectivity index (χ0) is 25.4. The molecule has 1 aliphatic rings. The van der Waals surface area contributed by atoms with Crippen molar-refractivity contribution >= 4 is 34.2 Å². The average molecular weight is 528 g/mol. The number of fused-ring (bicyclic) bond motifs is 1. The highest BCUT2D eigenvalue weighted by Gasteiger charge is 2.22. The number of nitrogens with zero attached hydrogens (tertiary/aromatic N) is 4. The van der Waals surface area contributed by atoms with Crippen LogP contribution in [0.5, 0.6) is 5.75 Å². The molecular formula is C26H27Cl2N5O3. The summed E-state index contributed by atoms with van der Waals surface area (Å²) in [4.78, 5) is 23.2. The van der Waals surface area contributed by atoms with Gasteiger partial charge in [0.05, 0.1) is 29.0 Å². The number of benzene rings is 2. The van der Waals surface area contributed by atoms with Crippen molar-refractivity contribution in [1.82, 2.24) is 24.6 Å². The van der Waals surface area contributed by atoms with Gasteiger partial charge in [0.25, 0.3) is 5.56 Å². The lowest BCUT2D eigenvalue weighted by Gasteiger charge is -2.27. The summed E-state index contributed by atoms with van der Waals surface area (Å²) in [6, 6.07) is 10.7. The van der Waals surface area contributed by atoms with Crippen molar-refractivity contribution in [1.29, 1.82) is 0 Å². The van der Waals surface area contributed by atoms with Crippen LogP contribution in [0.4, 0.5) is 0 Å². The molecule has 0 atom stereocenters. The van der Waals surface area contributed by atoms with E-state index in [0.29, 0.717) is 64.5 Å². The summed E-state index contributed by atoms with van der Waals surface area (Å²) in [5.41, 5.74) is 3.00. The van der Waals surface area contributed by atoms with Gasteiger partial charge in [-0.2, -0.15) is 5.10 Å². The summed E-state index contributed by atoms with van der Waals surface area (Å²) in [6.45, 7) is 7.59. The summed E-state index contributed by atoms with van der Waals surface area (Å²) in [5, 5.41) is 16.4. The Kier molecular flexibility index (Phi) is 7.03. The van der Waals surface area contributed by atoms with Gasteiger partial charge in [-0.05, 0) is 29.7 Å². The van der Waals surface area contributed by atoms with Gasteiger partial charge in [0.2, 0.25) is 0 Å². The van der Waals surface area contributed by atoms with Crippen LogP contribution in [0.3, 0.4) is 0 Å². The Morgan fingerprint density at radius 1 is 1.14 bits per heavy atom. The van der Waals surface area contributed by atoms with Crippen LogP contribution in [0.2, 0.25) is 10.0 Å². The molecule has 3 heterocycles. The first kappa shape index (κ1) is 24.8. The predicted molar refractivity (Wildman–Crippen MR) is 141 cm³/mol. The molecule has 0 amide bonds. The fraction of sp³-hybridized carbons (Fsp3) is 0.346. The van der Waals surface area contributed by atoms with Crippen LogP contribution in [0.25, 0.3) is 16.7 Å². The Bertz CT molecular complexity index is 1450. The summed E-state index contributed by atoms with van der Waals surface area (Å²) in [7, 11) is 0. The van der Waals surface area contributed by atoms with Crippen molar-refractivity contribution in [3.05, 3.63) is 79.4 Å². The standard InChI is InChI=1S/C26H27Cl2N5O3/c1-15(2)23-22-25(33(31-23)24-18(27)4-3-5-19(24)28)29-21(30-26(22)35)13-16-6-7-20(34)17(12-16)14-32-8-10-36-11-9-32/h3-7,12,15,34H,8-11,13-14H2,1-2H3,(H,29,30,35). The molecule has 1 fully saturated rings. The van der Waals surface area contributed by atoms with Gasteiger partial charge in [-0.3, -0.25) is 9.69 Å². The highest BCUT2D eigenvalue weighted by molar-refractivity contribution is 6.37. The largest absolute Gasteiger partial charge is 0.508 e. The Morgan fingerprint density at radius 3 is 2.56 bits per heavy atom. The Labute approximate surface area is 218 Å². The number of aromatic amines is 1. The molecule has 10 heteroatoms. The van der Waals surface area contributed by atoms with Gasteiger partial charge in [0.1, 0.15) is 22.6 Å². The lowest BCUT2D eigenvalue weighted by Crippen LogP contribution is -2.35. The van der Waals surface area contributed by atoms with Crippen LogP contribution in [0.15, 0.2) is 41.2 Å². The topological polar surface area (TPSA) is 96.3 Å². The molecule has 0 aliphatic carbocycles. The van der Waals surface area contributed by atoms with Gasteiger partial charge in [0, 0.05) is 31.6 Å². The van der Waals surface area contributed by atoms with E-state index in [9.17, 15) is 9.90 Å². The lowest BCUT2D eigenvalue weighted by atomic mass is 10.1. The predicted octanol–water partition coefficient (Wildman–Crippen LogP) is 4.67. The van der Waals surface area contributed by atoms with Gasteiger partial charge in [-0.15, -0.1) is 0 Å². The Morgan fingerprint density at radius 2 is 1.86 bits per heavy atom. The highest BCUT2D eigenvalue weighted by atomic mass is 35.5. The lowest BCUT2D eigenvalue weighted by molar-refractivity contribution is 0.0339. The Hall–Kier alpha value is -2.91. The molecule has 5 rings (SSSR count). The molecule has 0 radical (unpaired) electrons. The van der Waals surface area contributed by atoms with Crippen LogP contribution < -0.4 is 5.56 Å². The van der Waals surface area contributed by atoms with Crippen LogP contribution in [-0.4, -0.2) is 56.1 Å². The van der Waals surface area contributed by atoms with Crippen molar-refractivity contribution in [3.63, 3.8) is 0 Å². The van der Waals surface area contributed by atoms with Gasteiger partial charge >= 0.3 is 0 Å². The number of aromatic nitrogens is 4. The van der Waals surface area contributed by atoms with Gasteiger partial charge in [0.15, 0.2) is 5.65 Å². The third-order valence-corrected chi connectivity index (χ3v) is 6.93. The molecule has 4 aromatic rings. The van der Waals surface area contributed by atoms with E-state index in [2.05, 4.69) is 9.88 Å². The number of halogens is 2. The number of ether oxygens (including phenoxy) is 1. The average Bonchev–Trinajstić information content (AvgIpc) is 3.22. The number of phenols is 1. The van der Waals surface area contributed by atoms with Crippen molar-refractivity contribution in [2.45, 2.75) is 32.7 Å². The van der Waals surface area contributed by atoms with Crippen molar-refractivity contribution < 1.29 is 9.84 Å². The number of hydrogen-bond donors (Lipinski definition) is 2. The van der Waals surface area contributed by atoms with E-state index in [4.69, 9.17) is 38.0 Å². The molecular weight excluding hydrogens is 501 g/mol. The molecule has 0 bridgehead atoms. The molecule has 2 N–H and O–H groups in total. The third-order valence-electron chi connectivity index (χ3n) is 6.32. The maximum absolute atomic E-state index is 13.2. The second-order valence-electron chi connectivity index (χ2n) is 9.26. The number of nitrogens with one attached hydrogen (secondary N) is 1. The number of morpholine rings is 1. The molecule has 1 saturated heterocycles. The van der Waals surface area contributed by atoms with Crippen molar-refractivity contribution in [2.24, 2.45) is 0 Å². The molecule has 1 aliphatic heterocycles. The molecule has 8 nitrogen and oxygen atoms in total. The zero-order valence-electron chi connectivity index (χ0n) is 20.1.